The van der Waals surface area contributed by atoms with Gasteiger partial charge in [0.15, 0.2) is 0 Å². The molecule has 1 heterocycles. The molecule has 1 N–H and O–H groups in total. The second-order valence-corrected chi connectivity index (χ2v) is 2.77. The van der Waals surface area contributed by atoms with E-state index in [4.69, 9.17) is 0 Å². The van der Waals surface area contributed by atoms with E-state index in [1.807, 2.05) is 18.2 Å². The Kier molecular flexibility index (Phi) is 3.39. The Balaban J connectivity index is 2.76. The van der Waals surface area contributed by atoms with E-state index in [-0.39, 0.29) is 0 Å². The van der Waals surface area contributed by atoms with Gasteiger partial charge in [-0.25, -0.2) is 0 Å². The third kappa shape index (κ3) is 2.79. The van der Waals surface area contributed by atoms with Crippen LogP contribution in [0.5, 0.6) is 0 Å². The molecule has 0 aliphatic carbocycles. The molecule has 0 saturated carbocycles. The first-order chi connectivity index (χ1) is 5.83. The van der Waals surface area contributed by atoms with E-state index in [1.165, 1.54) is 5.70 Å². The molecule has 0 bridgehead atoms. The largest absolute Gasteiger partial charge is 0.385 e. The number of hydrogen-bond donors (Lipinski definition) is 1. The van der Waals surface area contributed by atoms with Crippen LogP contribution in [0, 0.1) is 0 Å². The van der Waals surface area contributed by atoms with Crippen LogP contribution in [-0.4, -0.2) is 6.54 Å². The van der Waals surface area contributed by atoms with E-state index in [0.29, 0.717) is 0 Å². The fourth-order valence-corrected chi connectivity index (χ4v) is 1.07. The smallest absolute Gasteiger partial charge is 0.0330 e. The second-order valence-electron chi connectivity index (χ2n) is 2.77. The highest BCUT2D eigenvalue weighted by molar-refractivity contribution is 5.32. The average molecular weight is 161 g/mol. The summed E-state index contributed by atoms with van der Waals surface area (Å²) in [7, 11) is 0. The van der Waals surface area contributed by atoms with Crippen molar-refractivity contribution in [1.29, 1.82) is 0 Å². The van der Waals surface area contributed by atoms with Gasteiger partial charge in [-0.2, -0.15) is 0 Å². The summed E-state index contributed by atoms with van der Waals surface area (Å²) in [5, 5.41) is 3.32. The highest BCUT2D eigenvalue weighted by atomic mass is 14.9. The van der Waals surface area contributed by atoms with Crippen molar-refractivity contribution in [2.75, 3.05) is 6.54 Å². The Morgan fingerprint density at radius 1 is 1.50 bits per heavy atom. The quantitative estimate of drug-likeness (QED) is 0.623. The summed E-state index contributed by atoms with van der Waals surface area (Å²) in [6, 6.07) is 0. The normalized spacial score (nSPS) is 22.8. The summed E-state index contributed by atoms with van der Waals surface area (Å²) < 4.78 is 0. The van der Waals surface area contributed by atoms with Crippen molar-refractivity contribution in [2.45, 2.75) is 13.3 Å². The number of nitrogens with one attached hydrogen (secondary N) is 1. The minimum atomic E-state index is 0.900. The molecule has 0 aromatic heterocycles. The standard InChI is InChI=1S/C11H15N/c1-3-11-9-10(2)7-5-4-6-8-12-11/h4-7,9,12H,2-3,8H2,1H3/b6-4-,7-5-,11-9?. The van der Waals surface area contributed by atoms with Gasteiger partial charge in [0.25, 0.3) is 0 Å². The molecule has 0 radical (unpaired) electrons. The molecule has 1 aliphatic rings. The number of allylic oxidation sites excluding steroid dienone is 6. The van der Waals surface area contributed by atoms with Crippen LogP contribution in [0.3, 0.4) is 0 Å². The van der Waals surface area contributed by atoms with Gasteiger partial charge in [0.1, 0.15) is 0 Å². The van der Waals surface area contributed by atoms with Gasteiger partial charge >= 0.3 is 0 Å². The lowest BCUT2D eigenvalue weighted by Gasteiger charge is -2.05. The zero-order valence-corrected chi connectivity index (χ0v) is 7.51. The van der Waals surface area contributed by atoms with Gasteiger partial charge in [-0.3, -0.25) is 0 Å². The lowest BCUT2D eigenvalue weighted by Crippen LogP contribution is -2.12. The first-order valence-corrected chi connectivity index (χ1v) is 4.29. The van der Waals surface area contributed by atoms with E-state index in [9.17, 15) is 0 Å². The van der Waals surface area contributed by atoms with Gasteiger partial charge in [0.2, 0.25) is 0 Å². The summed E-state index contributed by atoms with van der Waals surface area (Å²) in [5.41, 5.74) is 2.29. The zero-order chi connectivity index (χ0) is 8.81. The molecular weight excluding hydrogens is 146 g/mol. The van der Waals surface area contributed by atoms with Gasteiger partial charge in [-0.1, -0.05) is 37.8 Å². The van der Waals surface area contributed by atoms with Gasteiger partial charge in [0.05, 0.1) is 0 Å². The molecular formula is C11H15N. The number of hydrogen-bond acceptors (Lipinski definition) is 1. The van der Waals surface area contributed by atoms with Crippen LogP contribution >= 0.6 is 0 Å². The van der Waals surface area contributed by atoms with Crippen LogP contribution in [0.4, 0.5) is 0 Å². The van der Waals surface area contributed by atoms with Crippen LogP contribution in [-0.2, 0) is 0 Å². The SMILES string of the molecule is C=C1C=C(CC)NC/C=C\C=C/1. The Morgan fingerprint density at radius 2 is 2.33 bits per heavy atom. The number of rotatable bonds is 1. The molecule has 12 heavy (non-hydrogen) atoms. The fraction of sp³-hybridized carbons (Fsp3) is 0.273. The van der Waals surface area contributed by atoms with Crippen molar-refractivity contribution in [3.05, 3.63) is 48.2 Å². The maximum absolute atomic E-state index is 3.92. The molecule has 1 heteroatoms. The van der Waals surface area contributed by atoms with Crippen molar-refractivity contribution < 1.29 is 0 Å². The van der Waals surface area contributed by atoms with Gasteiger partial charge in [-0.05, 0) is 18.1 Å². The summed E-state index contributed by atoms with van der Waals surface area (Å²) in [5.74, 6) is 0. The third-order valence-corrected chi connectivity index (χ3v) is 1.74. The van der Waals surface area contributed by atoms with E-state index >= 15 is 0 Å². The molecule has 1 rings (SSSR count). The van der Waals surface area contributed by atoms with E-state index in [0.717, 1.165) is 18.5 Å². The minimum absolute atomic E-state index is 0.900. The zero-order valence-electron chi connectivity index (χ0n) is 7.51. The maximum atomic E-state index is 3.92. The third-order valence-electron chi connectivity index (χ3n) is 1.74. The van der Waals surface area contributed by atoms with Crippen molar-refractivity contribution >= 4 is 0 Å². The monoisotopic (exact) mass is 161 g/mol. The topological polar surface area (TPSA) is 12.0 Å². The molecule has 1 nitrogen and oxygen atoms in total. The van der Waals surface area contributed by atoms with Crippen molar-refractivity contribution in [2.24, 2.45) is 0 Å². The molecule has 1 aliphatic heterocycles. The average Bonchev–Trinajstić information content (AvgIpc) is 2.16. The first-order valence-electron chi connectivity index (χ1n) is 4.29. The predicted octanol–water partition coefficient (Wildman–Crippen LogP) is 2.55. The first kappa shape index (κ1) is 8.85. The molecule has 0 amide bonds. The molecule has 0 atom stereocenters. The molecule has 64 valence electrons. The van der Waals surface area contributed by atoms with Crippen molar-refractivity contribution in [3.63, 3.8) is 0 Å². The Hall–Kier alpha value is -1.24. The molecule has 0 unspecified atom stereocenters. The van der Waals surface area contributed by atoms with E-state index in [1.54, 1.807) is 0 Å². The van der Waals surface area contributed by atoms with Gasteiger partial charge < -0.3 is 5.32 Å². The lowest BCUT2D eigenvalue weighted by molar-refractivity contribution is 0.843. The Bertz CT molecular complexity index is 244. The highest BCUT2D eigenvalue weighted by Crippen LogP contribution is 2.04. The van der Waals surface area contributed by atoms with E-state index in [2.05, 4.69) is 31.0 Å². The van der Waals surface area contributed by atoms with Crippen LogP contribution in [0.2, 0.25) is 0 Å². The molecule has 0 aromatic rings. The summed E-state index contributed by atoms with van der Waals surface area (Å²) >= 11 is 0. The fourth-order valence-electron chi connectivity index (χ4n) is 1.07. The van der Waals surface area contributed by atoms with Crippen LogP contribution in [0.15, 0.2) is 48.2 Å². The molecule has 0 aromatic carbocycles. The second kappa shape index (κ2) is 4.60. The van der Waals surface area contributed by atoms with E-state index < -0.39 is 0 Å². The minimum Gasteiger partial charge on any atom is -0.385 e. The Morgan fingerprint density at radius 3 is 3.08 bits per heavy atom. The molecule has 0 saturated heterocycles. The van der Waals surface area contributed by atoms with Crippen LogP contribution < -0.4 is 5.32 Å². The summed E-state index contributed by atoms with van der Waals surface area (Å²) in [6.45, 7) is 6.96. The summed E-state index contributed by atoms with van der Waals surface area (Å²) in [4.78, 5) is 0. The maximum Gasteiger partial charge on any atom is 0.0330 e. The summed E-state index contributed by atoms with van der Waals surface area (Å²) in [6.07, 6.45) is 11.3. The Labute approximate surface area is 74.2 Å². The van der Waals surface area contributed by atoms with Crippen LogP contribution in [0.25, 0.3) is 0 Å². The molecule has 0 spiro atoms. The van der Waals surface area contributed by atoms with Gasteiger partial charge in [0, 0.05) is 12.2 Å². The van der Waals surface area contributed by atoms with Crippen molar-refractivity contribution in [3.8, 4) is 0 Å². The van der Waals surface area contributed by atoms with Crippen LogP contribution in [0.1, 0.15) is 13.3 Å². The predicted molar refractivity (Wildman–Crippen MR) is 53.8 cm³/mol. The van der Waals surface area contributed by atoms with Crippen molar-refractivity contribution in [1.82, 2.24) is 5.32 Å². The molecule has 0 fully saturated rings. The van der Waals surface area contributed by atoms with Gasteiger partial charge in [-0.15, -0.1) is 0 Å². The lowest BCUT2D eigenvalue weighted by atomic mass is 10.2. The highest BCUT2D eigenvalue weighted by Gasteiger charge is 1.92.